The average Bonchev–Trinajstić information content (AvgIpc) is 2.20. The third kappa shape index (κ3) is 2.26. The molecule has 1 unspecified atom stereocenters. The predicted molar refractivity (Wildman–Crippen MR) is 61.3 cm³/mol. The van der Waals surface area contributed by atoms with E-state index in [-0.39, 0.29) is 5.82 Å². The molecule has 0 radical (unpaired) electrons. The van der Waals surface area contributed by atoms with Crippen molar-refractivity contribution in [3.8, 4) is 0 Å². The van der Waals surface area contributed by atoms with Crippen LogP contribution >= 0.6 is 0 Å². The molecule has 1 aliphatic rings. The smallest absolute Gasteiger partial charge is 0.132 e. The van der Waals surface area contributed by atoms with Gasteiger partial charge in [0.15, 0.2) is 0 Å². The third-order valence-corrected chi connectivity index (χ3v) is 3.65. The second-order valence-corrected chi connectivity index (χ2v) is 5.15. The van der Waals surface area contributed by atoms with E-state index in [0.717, 1.165) is 5.57 Å². The van der Waals surface area contributed by atoms with E-state index in [1.54, 1.807) is 12.1 Å². The minimum Gasteiger partial charge on any atom is -0.399 e. The van der Waals surface area contributed by atoms with E-state index in [9.17, 15) is 8.60 Å². The van der Waals surface area contributed by atoms with Crippen molar-refractivity contribution in [1.82, 2.24) is 0 Å². The standard InChI is InChI=1S/C11H12FNOS/c12-11-7-9(13)1-2-10(11)8-3-5-15(14)6-4-8/h1-3,7H,4-6,13H2. The first-order valence-corrected chi connectivity index (χ1v) is 6.25. The number of halogens is 1. The summed E-state index contributed by atoms with van der Waals surface area (Å²) in [6.07, 6.45) is 2.53. The fraction of sp³-hybridized carbons (Fsp3) is 0.273. The molecule has 0 saturated heterocycles. The maximum atomic E-state index is 13.5. The molecular formula is C11H12FNOS. The molecule has 0 spiro atoms. The molecule has 2 rings (SSSR count). The molecule has 0 bridgehead atoms. The van der Waals surface area contributed by atoms with Crippen molar-refractivity contribution in [3.05, 3.63) is 35.7 Å². The summed E-state index contributed by atoms with van der Waals surface area (Å²) >= 11 is 0. The van der Waals surface area contributed by atoms with Crippen LogP contribution in [0.3, 0.4) is 0 Å². The van der Waals surface area contributed by atoms with Crippen molar-refractivity contribution >= 4 is 22.1 Å². The minimum absolute atomic E-state index is 0.297. The van der Waals surface area contributed by atoms with Crippen LogP contribution in [-0.4, -0.2) is 15.7 Å². The van der Waals surface area contributed by atoms with Gasteiger partial charge in [-0.2, -0.15) is 0 Å². The number of nitrogens with two attached hydrogens (primary N) is 1. The Morgan fingerprint density at radius 2 is 2.20 bits per heavy atom. The van der Waals surface area contributed by atoms with Gasteiger partial charge in [-0.15, -0.1) is 0 Å². The molecule has 1 aliphatic heterocycles. The second-order valence-electron chi connectivity index (χ2n) is 3.53. The second kappa shape index (κ2) is 4.14. The Labute approximate surface area is 90.4 Å². The van der Waals surface area contributed by atoms with Gasteiger partial charge in [0.05, 0.1) is 0 Å². The molecule has 1 aromatic rings. The summed E-state index contributed by atoms with van der Waals surface area (Å²) in [5, 5.41) is 0. The summed E-state index contributed by atoms with van der Waals surface area (Å²) in [5.41, 5.74) is 7.42. The van der Waals surface area contributed by atoms with E-state index in [1.807, 2.05) is 6.08 Å². The molecule has 1 atom stereocenters. The van der Waals surface area contributed by atoms with Crippen molar-refractivity contribution in [1.29, 1.82) is 0 Å². The number of benzene rings is 1. The largest absolute Gasteiger partial charge is 0.399 e. The van der Waals surface area contributed by atoms with E-state index < -0.39 is 10.8 Å². The van der Waals surface area contributed by atoms with Crippen LogP contribution in [0.25, 0.3) is 5.57 Å². The Morgan fingerprint density at radius 1 is 1.40 bits per heavy atom. The summed E-state index contributed by atoms with van der Waals surface area (Å²) in [4.78, 5) is 0. The normalized spacial score (nSPS) is 21.1. The van der Waals surface area contributed by atoms with Crippen LogP contribution in [-0.2, 0) is 10.8 Å². The highest BCUT2D eigenvalue weighted by Crippen LogP contribution is 2.25. The molecule has 4 heteroatoms. The molecule has 0 aliphatic carbocycles. The SMILES string of the molecule is Nc1ccc(C2=CCS(=O)CC2)c(F)c1. The summed E-state index contributed by atoms with van der Waals surface area (Å²) in [6, 6.07) is 4.69. The van der Waals surface area contributed by atoms with Gasteiger partial charge in [-0.1, -0.05) is 6.08 Å². The first-order chi connectivity index (χ1) is 7.16. The molecule has 0 fully saturated rings. The zero-order chi connectivity index (χ0) is 10.8. The minimum atomic E-state index is -0.769. The van der Waals surface area contributed by atoms with Crippen LogP contribution in [0.2, 0.25) is 0 Å². The van der Waals surface area contributed by atoms with Crippen LogP contribution in [0, 0.1) is 5.82 Å². The lowest BCUT2D eigenvalue weighted by Crippen LogP contribution is -2.08. The van der Waals surface area contributed by atoms with Gasteiger partial charge in [0, 0.05) is 33.6 Å². The predicted octanol–water partition coefficient (Wildman–Crippen LogP) is 1.94. The van der Waals surface area contributed by atoms with Gasteiger partial charge in [0.1, 0.15) is 5.82 Å². The number of hydrogen-bond donors (Lipinski definition) is 1. The van der Waals surface area contributed by atoms with E-state index in [4.69, 9.17) is 5.73 Å². The van der Waals surface area contributed by atoms with E-state index in [2.05, 4.69) is 0 Å². The summed E-state index contributed by atoms with van der Waals surface area (Å²) < 4.78 is 24.7. The highest BCUT2D eigenvalue weighted by molar-refractivity contribution is 7.85. The third-order valence-electron chi connectivity index (χ3n) is 2.45. The molecule has 80 valence electrons. The van der Waals surface area contributed by atoms with Crippen LogP contribution in [0.1, 0.15) is 12.0 Å². The van der Waals surface area contributed by atoms with E-state index >= 15 is 0 Å². The molecule has 0 aromatic heterocycles. The number of allylic oxidation sites excluding steroid dienone is 1. The zero-order valence-electron chi connectivity index (χ0n) is 8.20. The van der Waals surface area contributed by atoms with Gasteiger partial charge < -0.3 is 5.73 Å². The number of rotatable bonds is 1. The molecule has 15 heavy (non-hydrogen) atoms. The Balaban J connectivity index is 2.34. The van der Waals surface area contributed by atoms with E-state index in [0.29, 0.717) is 29.2 Å². The van der Waals surface area contributed by atoms with Crippen LogP contribution in [0.15, 0.2) is 24.3 Å². The van der Waals surface area contributed by atoms with Crippen molar-refractivity contribution in [2.75, 3.05) is 17.2 Å². The number of hydrogen-bond acceptors (Lipinski definition) is 2. The molecule has 0 saturated carbocycles. The first-order valence-electron chi connectivity index (χ1n) is 4.76. The lowest BCUT2D eigenvalue weighted by molar-refractivity contribution is 0.623. The summed E-state index contributed by atoms with van der Waals surface area (Å²) in [6.45, 7) is 0. The quantitative estimate of drug-likeness (QED) is 0.742. The Kier molecular flexibility index (Phi) is 2.86. The number of nitrogen functional groups attached to an aromatic ring is 1. The van der Waals surface area contributed by atoms with Crippen LogP contribution < -0.4 is 5.73 Å². The Morgan fingerprint density at radius 3 is 2.80 bits per heavy atom. The van der Waals surface area contributed by atoms with Crippen molar-refractivity contribution in [3.63, 3.8) is 0 Å². The van der Waals surface area contributed by atoms with Crippen molar-refractivity contribution < 1.29 is 8.60 Å². The maximum absolute atomic E-state index is 13.5. The van der Waals surface area contributed by atoms with Crippen LogP contribution in [0.4, 0.5) is 10.1 Å². The monoisotopic (exact) mass is 225 g/mol. The first kappa shape index (κ1) is 10.4. The van der Waals surface area contributed by atoms with Gasteiger partial charge in [0.2, 0.25) is 0 Å². The van der Waals surface area contributed by atoms with Gasteiger partial charge in [-0.3, -0.25) is 4.21 Å². The molecule has 1 heterocycles. The van der Waals surface area contributed by atoms with Crippen molar-refractivity contribution in [2.45, 2.75) is 6.42 Å². The fourth-order valence-corrected chi connectivity index (χ4v) is 2.64. The lowest BCUT2D eigenvalue weighted by Gasteiger charge is -2.13. The number of anilines is 1. The van der Waals surface area contributed by atoms with Gasteiger partial charge in [0.25, 0.3) is 0 Å². The van der Waals surface area contributed by atoms with Crippen LogP contribution in [0.5, 0.6) is 0 Å². The molecule has 1 aromatic carbocycles. The highest BCUT2D eigenvalue weighted by Gasteiger charge is 2.13. The lowest BCUT2D eigenvalue weighted by atomic mass is 10.0. The molecule has 0 amide bonds. The average molecular weight is 225 g/mol. The molecule has 2 nitrogen and oxygen atoms in total. The van der Waals surface area contributed by atoms with Gasteiger partial charge in [-0.05, 0) is 30.2 Å². The maximum Gasteiger partial charge on any atom is 0.132 e. The Bertz CT molecular complexity index is 442. The topological polar surface area (TPSA) is 43.1 Å². The highest BCUT2D eigenvalue weighted by atomic mass is 32.2. The van der Waals surface area contributed by atoms with Gasteiger partial charge in [-0.25, -0.2) is 4.39 Å². The summed E-state index contributed by atoms with van der Waals surface area (Å²) in [5.74, 6) is 0.850. The van der Waals surface area contributed by atoms with E-state index in [1.165, 1.54) is 6.07 Å². The Hall–Kier alpha value is -1.16. The van der Waals surface area contributed by atoms with Gasteiger partial charge >= 0.3 is 0 Å². The summed E-state index contributed by atoms with van der Waals surface area (Å²) in [7, 11) is -0.769. The molecule has 2 N–H and O–H groups in total. The molecular weight excluding hydrogens is 213 g/mol. The zero-order valence-corrected chi connectivity index (χ0v) is 9.02. The van der Waals surface area contributed by atoms with Crippen molar-refractivity contribution in [2.24, 2.45) is 0 Å². The fourth-order valence-electron chi connectivity index (χ4n) is 1.64.